The summed E-state index contributed by atoms with van der Waals surface area (Å²) in [6.07, 6.45) is 2.43. The van der Waals surface area contributed by atoms with E-state index in [-0.39, 0.29) is 18.4 Å². The SMILES string of the molecule is O=C1NC(=S)S/C1=C\c1ccc2c(c1)N(CCc1cccc(Cl)c1)C(=O)CO2. The van der Waals surface area contributed by atoms with Crippen molar-refractivity contribution in [1.29, 1.82) is 0 Å². The van der Waals surface area contributed by atoms with Crippen LogP contribution in [0.25, 0.3) is 6.08 Å². The fourth-order valence-corrected chi connectivity index (χ4v) is 4.32. The number of halogens is 1. The van der Waals surface area contributed by atoms with Gasteiger partial charge in [0.15, 0.2) is 6.61 Å². The highest BCUT2D eigenvalue weighted by Crippen LogP contribution is 2.35. The summed E-state index contributed by atoms with van der Waals surface area (Å²) in [6, 6.07) is 13.1. The van der Waals surface area contributed by atoms with E-state index in [2.05, 4.69) is 5.32 Å². The normalized spacial score (nSPS) is 17.5. The molecule has 2 amide bonds. The van der Waals surface area contributed by atoms with Gasteiger partial charge in [0.1, 0.15) is 10.1 Å². The number of thiocarbonyl (C=S) groups is 1. The van der Waals surface area contributed by atoms with Crippen molar-refractivity contribution < 1.29 is 14.3 Å². The van der Waals surface area contributed by atoms with E-state index in [4.69, 9.17) is 28.6 Å². The highest BCUT2D eigenvalue weighted by Gasteiger charge is 2.26. The van der Waals surface area contributed by atoms with Crippen molar-refractivity contribution in [3.8, 4) is 5.75 Å². The second kappa shape index (κ2) is 7.95. The highest BCUT2D eigenvalue weighted by molar-refractivity contribution is 8.26. The first-order valence-corrected chi connectivity index (χ1v) is 10.2. The maximum Gasteiger partial charge on any atom is 0.265 e. The first-order valence-electron chi connectivity index (χ1n) is 8.56. The number of thioether (sulfide) groups is 1. The van der Waals surface area contributed by atoms with Crippen molar-refractivity contribution in [2.75, 3.05) is 18.1 Å². The van der Waals surface area contributed by atoms with Crippen LogP contribution in [0.3, 0.4) is 0 Å². The largest absolute Gasteiger partial charge is 0.482 e. The summed E-state index contributed by atoms with van der Waals surface area (Å²) in [5.41, 5.74) is 2.55. The Hall–Kier alpha value is -2.35. The number of nitrogens with zero attached hydrogens (tertiary/aromatic N) is 1. The van der Waals surface area contributed by atoms with Gasteiger partial charge >= 0.3 is 0 Å². The zero-order chi connectivity index (χ0) is 19.7. The molecule has 1 fully saturated rings. The van der Waals surface area contributed by atoms with Crippen molar-refractivity contribution in [3.05, 3.63) is 63.5 Å². The molecule has 0 aliphatic carbocycles. The first kappa shape index (κ1) is 19.0. The van der Waals surface area contributed by atoms with Gasteiger partial charge in [-0.1, -0.05) is 53.8 Å². The minimum absolute atomic E-state index is 0.00943. The average molecular weight is 431 g/mol. The van der Waals surface area contributed by atoms with E-state index < -0.39 is 0 Å². The molecule has 4 rings (SSSR count). The van der Waals surface area contributed by atoms with Crippen LogP contribution in [-0.4, -0.2) is 29.3 Å². The third kappa shape index (κ3) is 4.06. The number of hydrogen-bond donors (Lipinski definition) is 1. The molecule has 0 saturated carbocycles. The van der Waals surface area contributed by atoms with Gasteiger partial charge in [-0.25, -0.2) is 0 Å². The maximum absolute atomic E-state index is 12.5. The summed E-state index contributed by atoms with van der Waals surface area (Å²) in [6.45, 7) is 0.518. The molecule has 2 aliphatic rings. The second-order valence-corrected chi connectivity index (χ2v) is 8.45. The fourth-order valence-electron chi connectivity index (χ4n) is 3.06. The minimum Gasteiger partial charge on any atom is -0.482 e. The predicted molar refractivity (Wildman–Crippen MR) is 116 cm³/mol. The number of carbonyl (C=O) groups excluding carboxylic acids is 2. The molecule has 2 aromatic rings. The molecule has 142 valence electrons. The molecule has 1 N–H and O–H groups in total. The third-order valence-corrected chi connectivity index (χ3v) is 5.78. The number of ether oxygens (including phenoxy) is 1. The van der Waals surface area contributed by atoms with Gasteiger partial charge in [-0.2, -0.15) is 0 Å². The zero-order valence-corrected chi connectivity index (χ0v) is 17.0. The van der Waals surface area contributed by atoms with Crippen LogP contribution < -0.4 is 15.0 Å². The number of fused-ring (bicyclic) bond motifs is 1. The number of nitrogens with one attached hydrogen (secondary N) is 1. The number of amides is 2. The van der Waals surface area contributed by atoms with Crippen molar-refractivity contribution >= 4 is 63.5 Å². The summed E-state index contributed by atoms with van der Waals surface area (Å²) in [5.74, 6) is 0.332. The Balaban J connectivity index is 1.60. The lowest BCUT2D eigenvalue weighted by Crippen LogP contribution is -2.40. The number of rotatable bonds is 4. The number of carbonyl (C=O) groups is 2. The quantitative estimate of drug-likeness (QED) is 0.590. The Bertz CT molecular complexity index is 1020. The van der Waals surface area contributed by atoms with Crippen molar-refractivity contribution in [2.24, 2.45) is 0 Å². The summed E-state index contributed by atoms with van der Waals surface area (Å²) in [4.78, 5) is 26.6. The zero-order valence-electron chi connectivity index (χ0n) is 14.6. The first-order chi connectivity index (χ1) is 13.5. The predicted octanol–water partition coefficient (Wildman–Crippen LogP) is 3.80. The minimum atomic E-state index is -0.210. The lowest BCUT2D eigenvalue weighted by atomic mass is 10.1. The third-order valence-electron chi connectivity index (χ3n) is 4.38. The molecule has 0 aromatic heterocycles. The van der Waals surface area contributed by atoms with Crippen molar-refractivity contribution in [1.82, 2.24) is 5.32 Å². The van der Waals surface area contributed by atoms with Crippen molar-refractivity contribution in [2.45, 2.75) is 6.42 Å². The smallest absolute Gasteiger partial charge is 0.265 e. The Morgan fingerprint density at radius 2 is 2.11 bits per heavy atom. The Morgan fingerprint density at radius 1 is 1.25 bits per heavy atom. The van der Waals surface area contributed by atoms with E-state index in [1.165, 1.54) is 11.8 Å². The van der Waals surface area contributed by atoms with E-state index in [1.807, 2.05) is 42.5 Å². The lowest BCUT2D eigenvalue weighted by Gasteiger charge is -2.29. The summed E-state index contributed by atoms with van der Waals surface area (Å²) >= 11 is 12.3. The molecular formula is C20H15ClN2O3S2. The molecule has 2 heterocycles. The lowest BCUT2D eigenvalue weighted by molar-refractivity contribution is -0.121. The maximum atomic E-state index is 12.5. The Kier molecular flexibility index (Phi) is 5.39. The molecular weight excluding hydrogens is 416 g/mol. The highest BCUT2D eigenvalue weighted by atomic mass is 35.5. The standard InChI is InChI=1S/C20H15ClN2O3S2/c21-14-3-1-2-12(8-14)6-7-23-15-9-13(4-5-16(15)26-11-18(23)24)10-17-19(25)22-20(27)28-17/h1-5,8-10H,6-7,11H2,(H,22,25,27)/b17-10-. The van der Waals surface area contributed by atoms with Gasteiger partial charge in [0.2, 0.25) is 0 Å². The molecule has 0 spiro atoms. The molecule has 5 nitrogen and oxygen atoms in total. The van der Waals surface area contributed by atoms with E-state index in [0.717, 1.165) is 11.1 Å². The van der Waals surface area contributed by atoms with E-state index in [0.29, 0.717) is 38.7 Å². The number of hydrogen-bond acceptors (Lipinski definition) is 5. The molecule has 0 atom stereocenters. The molecule has 2 aliphatic heterocycles. The Morgan fingerprint density at radius 3 is 2.86 bits per heavy atom. The van der Waals surface area contributed by atoms with Gasteiger partial charge in [-0.3, -0.25) is 9.59 Å². The molecule has 1 saturated heterocycles. The fraction of sp³-hybridized carbons (Fsp3) is 0.150. The van der Waals surface area contributed by atoms with E-state index in [1.54, 1.807) is 11.0 Å². The van der Waals surface area contributed by atoms with Crippen LogP contribution in [0.4, 0.5) is 5.69 Å². The monoisotopic (exact) mass is 430 g/mol. The van der Waals surface area contributed by atoms with Crippen LogP contribution >= 0.6 is 35.6 Å². The molecule has 0 unspecified atom stereocenters. The van der Waals surface area contributed by atoms with E-state index >= 15 is 0 Å². The van der Waals surface area contributed by atoms with Crippen LogP contribution in [0.2, 0.25) is 5.02 Å². The molecule has 0 radical (unpaired) electrons. The molecule has 0 bridgehead atoms. The average Bonchev–Trinajstić information content (AvgIpc) is 2.98. The van der Waals surface area contributed by atoms with Crippen LogP contribution in [0.5, 0.6) is 5.75 Å². The molecule has 2 aromatic carbocycles. The molecule has 28 heavy (non-hydrogen) atoms. The van der Waals surface area contributed by atoms with Crippen LogP contribution in [0, 0.1) is 0 Å². The Labute approximate surface area is 176 Å². The van der Waals surface area contributed by atoms with Gasteiger partial charge in [-0.05, 0) is 47.9 Å². The summed E-state index contributed by atoms with van der Waals surface area (Å²) in [5, 5.41) is 3.27. The van der Waals surface area contributed by atoms with Gasteiger partial charge < -0.3 is 15.0 Å². The topological polar surface area (TPSA) is 58.6 Å². The summed E-state index contributed by atoms with van der Waals surface area (Å²) in [7, 11) is 0. The van der Waals surface area contributed by atoms with Crippen LogP contribution in [0.1, 0.15) is 11.1 Å². The van der Waals surface area contributed by atoms with Gasteiger partial charge in [0.05, 0.1) is 10.6 Å². The van der Waals surface area contributed by atoms with Gasteiger partial charge in [0.25, 0.3) is 11.8 Å². The van der Waals surface area contributed by atoms with Gasteiger partial charge in [-0.15, -0.1) is 0 Å². The summed E-state index contributed by atoms with van der Waals surface area (Å²) < 4.78 is 6.00. The molecule has 8 heteroatoms. The van der Waals surface area contributed by atoms with Crippen molar-refractivity contribution in [3.63, 3.8) is 0 Å². The van der Waals surface area contributed by atoms with E-state index in [9.17, 15) is 9.59 Å². The van der Waals surface area contributed by atoms with Gasteiger partial charge in [0, 0.05) is 11.6 Å². The van der Waals surface area contributed by atoms with Crippen LogP contribution in [0.15, 0.2) is 47.4 Å². The van der Waals surface area contributed by atoms with Crippen LogP contribution in [-0.2, 0) is 16.0 Å². The second-order valence-electron chi connectivity index (χ2n) is 6.29. The number of benzene rings is 2. The number of anilines is 1.